The second kappa shape index (κ2) is 7.88. The lowest BCUT2D eigenvalue weighted by atomic mass is 9.72. The third kappa shape index (κ3) is 3.39. The molecule has 30 heavy (non-hydrogen) atoms. The van der Waals surface area contributed by atoms with Crippen LogP contribution in [0.25, 0.3) is 0 Å². The van der Waals surface area contributed by atoms with Crippen molar-refractivity contribution in [2.24, 2.45) is 23.7 Å². The average Bonchev–Trinajstić information content (AvgIpc) is 3.19. The highest BCUT2D eigenvalue weighted by atomic mass is 16.5. The fraction of sp³-hybridized carbons (Fsp3) is 0.667. The Bertz CT molecular complexity index is 838. The Hall–Kier alpha value is -2.08. The fourth-order valence-electron chi connectivity index (χ4n) is 5.81. The summed E-state index contributed by atoms with van der Waals surface area (Å²) in [4.78, 5) is 28.8. The largest absolute Gasteiger partial charge is 0.497 e. The Balaban J connectivity index is 1.65. The molecule has 3 aliphatic rings. The van der Waals surface area contributed by atoms with Gasteiger partial charge in [0, 0.05) is 18.8 Å². The fourth-order valence-corrected chi connectivity index (χ4v) is 5.81. The van der Waals surface area contributed by atoms with E-state index in [4.69, 9.17) is 9.47 Å². The van der Waals surface area contributed by atoms with Crippen LogP contribution in [0.2, 0.25) is 0 Å². The van der Waals surface area contributed by atoms with Gasteiger partial charge in [0.2, 0.25) is 5.91 Å². The zero-order valence-corrected chi connectivity index (χ0v) is 18.7. The molecule has 1 saturated heterocycles. The van der Waals surface area contributed by atoms with Crippen LogP contribution in [-0.2, 0) is 19.7 Å². The average molecular weight is 415 g/mol. The van der Waals surface area contributed by atoms with E-state index in [-0.39, 0.29) is 18.0 Å². The van der Waals surface area contributed by atoms with Gasteiger partial charge in [-0.2, -0.15) is 0 Å². The van der Waals surface area contributed by atoms with Gasteiger partial charge in [-0.05, 0) is 61.4 Å². The molecule has 1 aliphatic carbocycles. The van der Waals surface area contributed by atoms with Crippen LogP contribution >= 0.6 is 0 Å². The molecule has 2 heterocycles. The normalized spacial score (nSPS) is 33.6. The van der Waals surface area contributed by atoms with Crippen molar-refractivity contribution in [3.05, 3.63) is 23.8 Å². The van der Waals surface area contributed by atoms with E-state index in [2.05, 4.69) is 31.0 Å². The number of hydrogen-bond donors (Lipinski definition) is 1. The van der Waals surface area contributed by atoms with Crippen molar-refractivity contribution in [2.75, 3.05) is 32.6 Å². The van der Waals surface area contributed by atoms with Gasteiger partial charge in [-0.1, -0.05) is 27.2 Å². The Morgan fingerprint density at radius 1 is 1.30 bits per heavy atom. The number of nitrogens with zero attached hydrogens (tertiary/aromatic N) is 1. The molecule has 0 aromatic heterocycles. The van der Waals surface area contributed by atoms with Crippen LogP contribution in [0.5, 0.6) is 5.75 Å². The van der Waals surface area contributed by atoms with Crippen molar-refractivity contribution in [3.8, 4) is 5.75 Å². The zero-order chi connectivity index (χ0) is 21.6. The van der Waals surface area contributed by atoms with Crippen LogP contribution in [0, 0.1) is 23.7 Å². The molecule has 4 rings (SSSR count). The molecular formula is C24H34N2O4. The standard InChI is InChI=1S/C24H34N2O4/c1-14(2)17-8-6-15(3)10-21(17)30-22(27)19-12-26(4)13-24(19)18-11-16(29-5)7-9-20(18)25-23(24)28/h7,9,11,14-15,17,19,21H,6,8,10,12-13H2,1-5H3,(H,25,28)/t15-,17+,19-,21-,24+/m1/s1. The number of amides is 1. The van der Waals surface area contributed by atoms with E-state index in [9.17, 15) is 9.59 Å². The molecule has 1 amide bonds. The maximum absolute atomic E-state index is 13.5. The zero-order valence-electron chi connectivity index (χ0n) is 18.7. The minimum atomic E-state index is -0.927. The topological polar surface area (TPSA) is 67.9 Å². The molecule has 1 aromatic rings. The number of ether oxygens (including phenoxy) is 2. The Morgan fingerprint density at radius 2 is 2.07 bits per heavy atom. The second-order valence-electron chi connectivity index (χ2n) is 9.89. The first-order valence-electron chi connectivity index (χ1n) is 11.1. The summed E-state index contributed by atoms with van der Waals surface area (Å²) in [7, 11) is 3.57. The summed E-state index contributed by atoms with van der Waals surface area (Å²) in [5.41, 5.74) is 0.680. The van der Waals surface area contributed by atoms with Gasteiger partial charge < -0.3 is 19.7 Å². The van der Waals surface area contributed by atoms with Crippen molar-refractivity contribution in [1.82, 2.24) is 4.90 Å². The number of benzene rings is 1. The van der Waals surface area contributed by atoms with Gasteiger partial charge in [0.25, 0.3) is 0 Å². The third-order valence-electron chi connectivity index (χ3n) is 7.48. The predicted molar refractivity (Wildman–Crippen MR) is 116 cm³/mol. The number of hydrogen-bond acceptors (Lipinski definition) is 5. The first-order chi connectivity index (χ1) is 14.3. The highest BCUT2D eigenvalue weighted by molar-refractivity contribution is 6.09. The molecule has 2 fully saturated rings. The quantitative estimate of drug-likeness (QED) is 0.765. The number of carbonyl (C=O) groups excluding carboxylic acids is 2. The molecule has 1 aromatic carbocycles. The van der Waals surface area contributed by atoms with Gasteiger partial charge in [-0.25, -0.2) is 0 Å². The van der Waals surface area contributed by atoms with Crippen molar-refractivity contribution in [3.63, 3.8) is 0 Å². The number of esters is 1. The summed E-state index contributed by atoms with van der Waals surface area (Å²) in [5.74, 6) is 1.20. The van der Waals surface area contributed by atoms with Crippen LogP contribution in [0.3, 0.4) is 0 Å². The van der Waals surface area contributed by atoms with Crippen molar-refractivity contribution >= 4 is 17.6 Å². The second-order valence-corrected chi connectivity index (χ2v) is 9.89. The van der Waals surface area contributed by atoms with E-state index in [1.54, 1.807) is 7.11 Å². The molecule has 1 N–H and O–H groups in total. The number of rotatable bonds is 4. The first-order valence-corrected chi connectivity index (χ1v) is 11.1. The number of anilines is 1. The minimum absolute atomic E-state index is 0.0709. The molecule has 0 bridgehead atoms. The van der Waals surface area contributed by atoms with Gasteiger partial charge in [-0.15, -0.1) is 0 Å². The molecule has 2 aliphatic heterocycles. The SMILES string of the molecule is COc1ccc2c(c1)[C@]1(CN(C)C[C@@H]1C(=O)O[C@@H]1C[C@H](C)CC[C@H]1C(C)C)C(=O)N2. The van der Waals surface area contributed by atoms with E-state index in [0.717, 1.165) is 24.1 Å². The van der Waals surface area contributed by atoms with Gasteiger partial charge >= 0.3 is 5.97 Å². The lowest BCUT2D eigenvalue weighted by Crippen LogP contribution is -2.47. The van der Waals surface area contributed by atoms with Crippen molar-refractivity contribution < 1.29 is 19.1 Å². The lowest BCUT2D eigenvalue weighted by molar-refractivity contribution is -0.163. The summed E-state index contributed by atoms with van der Waals surface area (Å²) in [6, 6.07) is 5.59. The molecule has 1 spiro atoms. The lowest BCUT2D eigenvalue weighted by Gasteiger charge is -2.38. The summed E-state index contributed by atoms with van der Waals surface area (Å²) < 4.78 is 11.6. The Kier molecular flexibility index (Phi) is 5.56. The summed E-state index contributed by atoms with van der Waals surface area (Å²) in [5, 5.41) is 3.00. The number of likely N-dealkylation sites (N-methyl/N-ethyl adjacent to an activating group) is 1. The Morgan fingerprint density at radius 3 is 2.77 bits per heavy atom. The Labute approximate surface area is 179 Å². The number of likely N-dealkylation sites (tertiary alicyclic amines) is 1. The summed E-state index contributed by atoms with van der Waals surface area (Å²) >= 11 is 0. The van der Waals surface area contributed by atoms with E-state index < -0.39 is 11.3 Å². The predicted octanol–water partition coefficient (Wildman–Crippen LogP) is 3.45. The maximum atomic E-state index is 13.5. The molecule has 6 nitrogen and oxygen atoms in total. The van der Waals surface area contributed by atoms with Gasteiger partial charge in [0.15, 0.2) is 0 Å². The molecule has 1 saturated carbocycles. The van der Waals surface area contributed by atoms with Crippen LogP contribution in [0.4, 0.5) is 5.69 Å². The van der Waals surface area contributed by atoms with Crippen LogP contribution in [-0.4, -0.2) is 50.1 Å². The maximum Gasteiger partial charge on any atom is 0.312 e. The first kappa shape index (κ1) is 21.2. The van der Waals surface area contributed by atoms with E-state index in [0.29, 0.717) is 36.6 Å². The molecule has 6 heteroatoms. The smallest absolute Gasteiger partial charge is 0.312 e. The molecule has 5 atom stereocenters. The van der Waals surface area contributed by atoms with Gasteiger partial charge in [0.1, 0.15) is 17.3 Å². The van der Waals surface area contributed by atoms with Crippen LogP contribution in [0.1, 0.15) is 45.6 Å². The number of carbonyl (C=O) groups is 2. The monoisotopic (exact) mass is 414 g/mol. The van der Waals surface area contributed by atoms with E-state index in [1.165, 1.54) is 6.42 Å². The minimum Gasteiger partial charge on any atom is -0.497 e. The number of nitrogens with one attached hydrogen (secondary N) is 1. The number of fused-ring (bicyclic) bond motifs is 2. The van der Waals surface area contributed by atoms with Gasteiger partial charge in [-0.3, -0.25) is 9.59 Å². The molecule has 164 valence electrons. The summed E-state index contributed by atoms with van der Waals surface area (Å²) in [6.45, 7) is 7.65. The molecular weight excluding hydrogens is 380 g/mol. The summed E-state index contributed by atoms with van der Waals surface area (Å²) in [6.07, 6.45) is 3.11. The van der Waals surface area contributed by atoms with E-state index >= 15 is 0 Å². The van der Waals surface area contributed by atoms with Gasteiger partial charge in [0.05, 0.1) is 13.0 Å². The molecule has 0 radical (unpaired) electrons. The number of methoxy groups -OCH3 is 1. The highest BCUT2D eigenvalue weighted by Gasteiger charge is 2.60. The molecule has 0 unspecified atom stereocenters. The highest BCUT2D eigenvalue weighted by Crippen LogP contribution is 2.49. The van der Waals surface area contributed by atoms with Crippen LogP contribution < -0.4 is 10.1 Å². The van der Waals surface area contributed by atoms with E-state index in [1.807, 2.05) is 25.2 Å². The third-order valence-corrected chi connectivity index (χ3v) is 7.48. The van der Waals surface area contributed by atoms with Crippen molar-refractivity contribution in [2.45, 2.75) is 51.6 Å². The van der Waals surface area contributed by atoms with Crippen LogP contribution in [0.15, 0.2) is 18.2 Å². The van der Waals surface area contributed by atoms with Crippen molar-refractivity contribution in [1.29, 1.82) is 0 Å².